The van der Waals surface area contributed by atoms with Gasteiger partial charge >= 0.3 is 0 Å². The molecule has 0 bridgehead atoms. The van der Waals surface area contributed by atoms with Crippen LogP contribution in [0.15, 0.2) is 78.9 Å². The van der Waals surface area contributed by atoms with E-state index in [1.165, 1.54) is 11.1 Å². The summed E-state index contributed by atoms with van der Waals surface area (Å²) in [5.41, 5.74) is 3.52. The Morgan fingerprint density at radius 3 is 2.33 bits per heavy atom. The van der Waals surface area contributed by atoms with Gasteiger partial charge in [0.25, 0.3) is 0 Å². The van der Waals surface area contributed by atoms with Crippen LogP contribution in [0.1, 0.15) is 25.0 Å². The lowest BCUT2D eigenvalue weighted by atomic mass is 10.2. The molecule has 3 aromatic carbocycles. The average Bonchev–Trinajstić information content (AvgIpc) is 2.67. The van der Waals surface area contributed by atoms with Crippen molar-refractivity contribution < 1.29 is 9.47 Å². The van der Waals surface area contributed by atoms with Crippen LogP contribution in [0.4, 0.5) is 5.69 Å². The van der Waals surface area contributed by atoms with Gasteiger partial charge in [0.1, 0.15) is 11.5 Å². The molecule has 0 radical (unpaired) electrons. The second-order valence-electron chi connectivity index (χ2n) is 6.78. The molecule has 3 nitrogen and oxygen atoms in total. The Labute approximate surface area is 162 Å². The molecule has 0 saturated carbocycles. The molecular weight excluding hydrogens is 334 g/mol. The zero-order chi connectivity index (χ0) is 18.9. The Bertz CT molecular complexity index is 831. The number of hydrogen-bond acceptors (Lipinski definition) is 3. The standard InChI is InChI=1S/C24H27NO2/c1-19(2)27-24-13-7-11-22(17-24)25-18-21-10-6-12-23(16-21)26-15-14-20-8-4-3-5-9-20/h3-13,16-17,19,25H,14-15,18H2,1-2H3. The van der Waals surface area contributed by atoms with E-state index < -0.39 is 0 Å². The highest BCUT2D eigenvalue weighted by Gasteiger charge is 2.01. The molecule has 0 amide bonds. The van der Waals surface area contributed by atoms with Crippen molar-refractivity contribution in [2.45, 2.75) is 32.9 Å². The average molecular weight is 361 g/mol. The van der Waals surface area contributed by atoms with Crippen molar-refractivity contribution in [3.05, 3.63) is 90.0 Å². The first-order valence-corrected chi connectivity index (χ1v) is 9.45. The molecule has 0 unspecified atom stereocenters. The van der Waals surface area contributed by atoms with Gasteiger partial charge in [0.2, 0.25) is 0 Å². The summed E-state index contributed by atoms with van der Waals surface area (Å²) in [5, 5.41) is 3.45. The lowest BCUT2D eigenvalue weighted by Gasteiger charge is -2.13. The highest BCUT2D eigenvalue weighted by molar-refractivity contribution is 5.48. The summed E-state index contributed by atoms with van der Waals surface area (Å²) in [6, 6.07) is 26.7. The lowest BCUT2D eigenvalue weighted by Crippen LogP contribution is -2.06. The maximum atomic E-state index is 5.92. The molecule has 0 aliphatic heterocycles. The highest BCUT2D eigenvalue weighted by Crippen LogP contribution is 2.20. The molecule has 3 rings (SSSR count). The summed E-state index contributed by atoms with van der Waals surface area (Å²) in [4.78, 5) is 0. The van der Waals surface area contributed by atoms with Crippen LogP contribution >= 0.6 is 0 Å². The van der Waals surface area contributed by atoms with Crippen LogP contribution in [0.5, 0.6) is 11.5 Å². The number of rotatable bonds is 9. The van der Waals surface area contributed by atoms with Crippen LogP contribution < -0.4 is 14.8 Å². The van der Waals surface area contributed by atoms with Crippen molar-refractivity contribution >= 4 is 5.69 Å². The monoisotopic (exact) mass is 361 g/mol. The van der Waals surface area contributed by atoms with Crippen LogP contribution in [0.2, 0.25) is 0 Å². The molecule has 0 heterocycles. The van der Waals surface area contributed by atoms with Gasteiger partial charge in [0, 0.05) is 24.7 Å². The molecule has 0 aliphatic rings. The van der Waals surface area contributed by atoms with Crippen molar-refractivity contribution in [3.8, 4) is 11.5 Å². The third-order valence-corrected chi connectivity index (χ3v) is 4.10. The Morgan fingerprint density at radius 1 is 0.778 bits per heavy atom. The summed E-state index contributed by atoms with van der Waals surface area (Å²) >= 11 is 0. The van der Waals surface area contributed by atoms with E-state index in [0.29, 0.717) is 6.61 Å². The second kappa shape index (κ2) is 9.67. The minimum Gasteiger partial charge on any atom is -0.493 e. The Hall–Kier alpha value is -2.94. The van der Waals surface area contributed by atoms with E-state index in [1.807, 2.05) is 56.3 Å². The summed E-state index contributed by atoms with van der Waals surface area (Å²) in [6.07, 6.45) is 1.08. The van der Waals surface area contributed by atoms with E-state index in [-0.39, 0.29) is 6.10 Å². The van der Waals surface area contributed by atoms with Crippen LogP contribution in [0.25, 0.3) is 0 Å². The van der Waals surface area contributed by atoms with E-state index in [2.05, 4.69) is 41.7 Å². The number of hydrogen-bond donors (Lipinski definition) is 1. The predicted molar refractivity (Wildman–Crippen MR) is 112 cm³/mol. The van der Waals surface area contributed by atoms with E-state index in [9.17, 15) is 0 Å². The van der Waals surface area contributed by atoms with Gasteiger partial charge in [-0.3, -0.25) is 0 Å². The van der Waals surface area contributed by atoms with E-state index >= 15 is 0 Å². The molecule has 0 fully saturated rings. The molecule has 3 aromatic rings. The fraction of sp³-hybridized carbons (Fsp3) is 0.250. The zero-order valence-electron chi connectivity index (χ0n) is 16.0. The topological polar surface area (TPSA) is 30.5 Å². The summed E-state index contributed by atoms with van der Waals surface area (Å²) in [6.45, 7) is 5.48. The second-order valence-corrected chi connectivity index (χ2v) is 6.78. The minimum absolute atomic E-state index is 0.171. The van der Waals surface area contributed by atoms with Crippen LogP contribution in [0.3, 0.4) is 0 Å². The molecule has 140 valence electrons. The van der Waals surface area contributed by atoms with E-state index in [1.54, 1.807) is 0 Å². The van der Waals surface area contributed by atoms with Crippen molar-refractivity contribution in [3.63, 3.8) is 0 Å². The van der Waals surface area contributed by atoms with E-state index in [4.69, 9.17) is 9.47 Å². The van der Waals surface area contributed by atoms with E-state index in [0.717, 1.165) is 30.2 Å². The highest BCUT2D eigenvalue weighted by atomic mass is 16.5. The molecule has 0 atom stereocenters. The number of ether oxygens (including phenoxy) is 2. The molecule has 0 spiro atoms. The number of anilines is 1. The van der Waals surface area contributed by atoms with Gasteiger partial charge in [-0.05, 0) is 49.2 Å². The quantitative estimate of drug-likeness (QED) is 0.530. The van der Waals surface area contributed by atoms with Crippen molar-refractivity contribution in [2.75, 3.05) is 11.9 Å². The SMILES string of the molecule is CC(C)Oc1cccc(NCc2cccc(OCCc3ccccc3)c2)c1. The van der Waals surface area contributed by atoms with Crippen molar-refractivity contribution in [1.82, 2.24) is 0 Å². The Balaban J connectivity index is 1.51. The van der Waals surface area contributed by atoms with Gasteiger partial charge < -0.3 is 14.8 Å². The maximum absolute atomic E-state index is 5.92. The summed E-state index contributed by atoms with van der Waals surface area (Å²) in [7, 11) is 0. The smallest absolute Gasteiger partial charge is 0.121 e. The third kappa shape index (κ3) is 6.37. The normalized spacial score (nSPS) is 10.6. The first-order valence-electron chi connectivity index (χ1n) is 9.45. The fourth-order valence-electron chi connectivity index (χ4n) is 2.83. The molecule has 0 saturated heterocycles. The van der Waals surface area contributed by atoms with Crippen molar-refractivity contribution in [2.24, 2.45) is 0 Å². The zero-order valence-corrected chi connectivity index (χ0v) is 16.0. The van der Waals surface area contributed by atoms with Crippen LogP contribution in [-0.4, -0.2) is 12.7 Å². The molecule has 0 aliphatic carbocycles. The van der Waals surface area contributed by atoms with Gasteiger partial charge in [0.15, 0.2) is 0 Å². The Kier molecular flexibility index (Phi) is 6.75. The molecule has 3 heteroatoms. The fourth-order valence-corrected chi connectivity index (χ4v) is 2.83. The van der Waals surface area contributed by atoms with Crippen molar-refractivity contribution in [1.29, 1.82) is 0 Å². The third-order valence-electron chi connectivity index (χ3n) is 4.10. The summed E-state index contributed by atoms with van der Waals surface area (Å²) in [5.74, 6) is 1.79. The number of benzene rings is 3. The molecular formula is C24H27NO2. The minimum atomic E-state index is 0.171. The molecule has 0 aromatic heterocycles. The number of nitrogens with one attached hydrogen (secondary N) is 1. The van der Waals surface area contributed by atoms with Crippen LogP contribution in [0, 0.1) is 0 Å². The first-order chi connectivity index (χ1) is 13.2. The van der Waals surface area contributed by atoms with Gasteiger partial charge in [-0.1, -0.05) is 48.5 Å². The van der Waals surface area contributed by atoms with Gasteiger partial charge in [0.05, 0.1) is 12.7 Å². The molecule has 27 heavy (non-hydrogen) atoms. The first kappa shape index (κ1) is 18.8. The van der Waals surface area contributed by atoms with Gasteiger partial charge in [-0.2, -0.15) is 0 Å². The van der Waals surface area contributed by atoms with Gasteiger partial charge in [-0.25, -0.2) is 0 Å². The molecule has 1 N–H and O–H groups in total. The summed E-state index contributed by atoms with van der Waals surface area (Å²) < 4.78 is 11.7. The van der Waals surface area contributed by atoms with Gasteiger partial charge in [-0.15, -0.1) is 0 Å². The largest absolute Gasteiger partial charge is 0.493 e. The lowest BCUT2D eigenvalue weighted by molar-refractivity contribution is 0.242. The maximum Gasteiger partial charge on any atom is 0.121 e. The van der Waals surface area contributed by atoms with Crippen LogP contribution in [-0.2, 0) is 13.0 Å². The predicted octanol–water partition coefficient (Wildman–Crippen LogP) is 5.71. The Morgan fingerprint density at radius 2 is 1.52 bits per heavy atom.